The third-order valence-corrected chi connectivity index (χ3v) is 5.00. The molecular weight excluding hydrogens is 290 g/mol. The molecule has 5 heteroatoms. The van der Waals surface area contributed by atoms with E-state index in [1.807, 2.05) is 29.2 Å². The number of hydrogen-bond acceptors (Lipinski definition) is 4. The molecule has 2 saturated heterocycles. The Kier molecular flexibility index (Phi) is 5.18. The van der Waals surface area contributed by atoms with Crippen molar-refractivity contribution in [2.45, 2.75) is 13.3 Å². The Morgan fingerprint density at radius 3 is 2.78 bits per heavy atom. The predicted octanol–water partition coefficient (Wildman–Crippen LogP) is 1.69. The smallest absolute Gasteiger partial charge is 0.241 e. The van der Waals surface area contributed by atoms with Crippen molar-refractivity contribution >= 4 is 11.6 Å². The standard InChI is InChI=1S/C18H27N3O2/c1-3-19-8-7-15(12-19)13-20-9-10-21(18(22)14-20)16-5-4-6-17(11-16)23-2/h4-6,11,15H,3,7-10,12-14H2,1-2H3. The van der Waals surface area contributed by atoms with E-state index in [0.29, 0.717) is 12.5 Å². The minimum Gasteiger partial charge on any atom is -0.497 e. The van der Waals surface area contributed by atoms with Crippen molar-refractivity contribution in [2.75, 3.05) is 57.8 Å². The largest absolute Gasteiger partial charge is 0.497 e. The zero-order valence-corrected chi connectivity index (χ0v) is 14.2. The summed E-state index contributed by atoms with van der Waals surface area (Å²) in [5, 5.41) is 0. The van der Waals surface area contributed by atoms with Crippen molar-refractivity contribution in [1.82, 2.24) is 9.80 Å². The van der Waals surface area contributed by atoms with Crippen LogP contribution in [0.5, 0.6) is 5.75 Å². The van der Waals surface area contributed by atoms with Crippen LogP contribution >= 0.6 is 0 Å². The van der Waals surface area contributed by atoms with Crippen LogP contribution in [0.3, 0.4) is 0 Å². The van der Waals surface area contributed by atoms with Crippen LogP contribution < -0.4 is 9.64 Å². The monoisotopic (exact) mass is 317 g/mol. The summed E-state index contributed by atoms with van der Waals surface area (Å²) < 4.78 is 5.26. The van der Waals surface area contributed by atoms with Crippen LogP contribution in [0.1, 0.15) is 13.3 Å². The molecule has 0 N–H and O–H groups in total. The molecule has 2 fully saturated rings. The summed E-state index contributed by atoms with van der Waals surface area (Å²) >= 11 is 0. The van der Waals surface area contributed by atoms with E-state index in [-0.39, 0.29) is 5.91 Å². The first kappa shape index (κ1) is 16.3. The average Bonchev–Trinajstić information content (AvgIpc) is 3.02. The highest BCUT2D eigenvalue weighted by molar-refractivity contribution is 5.95. The number of benzene rings is 1. The normalized spacial score (nSPS) is 23.5. The molecule has 5 nitrogen and oxygen atoms in total. The van der Waals surface area contributed by atoms with Gasteiger partial charge in [0, 0.05) is 37.9 Å². The van der Waals surface area contributed by atoms with Gasteiger partial charge in [0.05, 0.1) is 13.7 Å². The lowest BCUT2D eigenvalue weighted by Gasteiger charge is -2.35. The summed E-state index contributed by atoms with van der Waals surface area (Å²) in [4.78, 5) is 19.2. The maximum atomic E-state index is 12.5. The Morgan fingerprint density at radius 2 is 2.09 bits per heavy atom. The van der Waals surface area contributed by atoms with Crippen LogP contribution in [0.25, 0.3) is 0 Å². The number of ether oxygens (including phenoxy) is 1. The first-order chi connectivity index (χ1) is 11.2. The maximum Gasteiger partial charge on any atom is 0.241 e. The number of methoxy groups -OCH3 is 1. The lowest BCUT2D eigenvalue weighted by Crippen LogP contribution is -2.51. The molecule has 0 bridgehead atoms. The van der Waals surface area contributed by atoms with Gasteiger partial charge in [-0.05, 0) is 37.6 Å². The van der Waals surface area contributed by atoms with Gasteiger partial charge < -0.3 is 14.5 Å². The number of amides is 1. The van der Waals surface area contributed by atoms with Gasteiger partial charge in [0.2, 0.25) is 5.91 Å². The Bertz CT molecular complexity index is 549. The molecule has 2 heterocycles. The SMILES string of the molecule is CCN1CCC(CN2CCN(c3cccc(OC)c3)C(=O)C2)C1. The van der Waals surface area contributed by atoms with Crippen LogP contribution in [-0.2, 0) is 4.79 Å². The zero-order chi connectivity index (χ0) is 16.2. The van der Waals surface area contributed by atoms with Crippen LogP contribution in [0.15, 0.2) is 24.3 Å². The molecule has 1 amide bonds. The number of likely N-dealkylation sites (tertiary alicyclic amines) is 1. The Morgan fingerprint density at radius 1 is 1.22 bits per heavy atom. The molecule has 0 saturated carbocycles. The van der Waals surface area contributed by atoms with Gasteiger partial charge in [0.15, 0.2) is 0 Å². The van der Waals surface area contributed by atoms with Crippen LogP contribution in [-0.4, -0.2) is 68.6 Å². The molecule has 23 heavy (non-hydrogen) atoms. The summed E-state index contributed by atoms with van der Waals surface area (Å²) in [5.74, 6) is 1.70. The molecule has 1 atom stereocenters. The predicted molar refractivity (Wildman–Crippen MR) is 92.0 cm³/mol. The first-order valence-corrected chi connectivity index (χ1v) is 8.58. The van der Waals surface area contributed by atoms with Gasteiger partial charge >= 0.3 is 0 Å². The molecule has 0 aliphatic carbocycles. The van der Waals surface area contributed by atoms with Gasteiger partial charge in [-0.3, -0.25) is 9.69 Å². The molecule has 0 aromatic heterocycles. The van der Waals surface area contributed by atoms with E-state index in [1.54, 1.807) is 7.11 Å². The van der Waals surface area contributed by atoms with E-state index in [4.69, 9.17) is 4.74 Å². The van der Waals surface area contributed by atoms with Crippen molar-refractivity contribution in [1.29, 1.82) is 0 Å². The van der Waals surface area contributed by atoms with Crippen molar-refractivity contribution < 1.29 is 9.53 Å². The molecule has 2 aliphatic heterocycles. The van der Waals surface area contributed by atoms with Gasteiger partial charge in [-0.15, -0.1) is 0 Å². The second-order valence-corrected chi connectivity index (χ2v) is 6.53. The number of hydrogen-bond donors (Lipinski definition) is 0. The first-order valence-electron chi connectivity index (χ1n) is 8.58. The number of carbonyl (C=O) groups is 1. The van der Waals surface area contributed by atoms with E-state index >= 15 is 0 Å². The number of anilines is 1. The second-order valence-electron chi connectivity index (χ2n) is 6.53. The number of piperazine rings is 1. The topological polar surface area (TPSA) is 36.0 Å². The van der Waals surface area contributed by atoms with Gasteiger partial charge in [-0.25, -0.2) is 0 Å². The number of carbonyl (C=O) groups excluding carboxylic acids is 1. The minimum absolute atomic E-state index is 0.190. The van der Waals surface area contributed by atoms with Crippen molar-refractivity contribution in [3.8, 4) is 5.75 Å². The molecule has 1 aromatic rings. The summed E-state index contributed by atoms with van der Waals surface area (Å²) in [7, 11) is 1.65. The fourth-order valence-electron chi connectivity index (χ4n) is 3.64. The lowest BCUT2D eigenvalue weighted by molar-refractivity contribution is -0.121. The molecule has 3 rings (SSSR count). The Balaban J connectivity index is 1.56. The third-order valence-electron chi connectivity index (χ3n) is 5.00. The minimum atomic E-state index is 0.190. The molecule has 1 unspecified atom stereocenters. The molecule has 0 spiro atoms. The van der Waals surface area contributed by atoms with E-state index in [9.17, 15) is 4.79 Å². The quantitative estimate of drug-likeness (QED) is 0.828. The van der Waals surface area contributed by atoms with E-state index in [1.165, 1.54) is 19.5 Å². The summed E-state index contributed by atoms with van der Waals surface area (Å²) in [6.07, 6.45) is 1.26. The van der Waals surface area contributed by atoms with Crippen LogP contribution in [0.4, 0.5) is 5.69 Å². The van der Waals surface area contributed by atoms with E-state index in [0.717, 1.165) is 37.6 Å². The maximum absolute atomic E-state index is 12.5. The Hall–Kier alpha value is -1.59. The second kappa shape index (κ2) is 7.32. The summed E-state index contributed by atoms with van der Waals surface area (Å²) in [6.45, 7) is 9.04. The lowest BCUT2D eigenvalue weighted by atomic mass is 10.1. The molecule has 2 aliphatic rings. The zero-order valence-electron chi connectivity index (χ0n) is 14.2. The molecule has 126 valence electrons. The van der Waals surface area contributed by atoms with Crippen LogP contribution in [0.2, 0.25) is 0 Å². The van der Waals surface area contributed by atoms with Crippen molar-refractivity contribution in [3.05, 3.63) is 24.3 Å². The van der Waals surface area contributed by atoms with Crippen molar-refractivity contribution in [2.24, 2.45) is 5.92 Å². The van der Waals surface area contributed by atoms with Gasteiger partial charge in [-0.1, -0.05) is 13.0 Å². The van der Waals surface area contributed by atoms with E-state index in [2.05, 4.69) is 16.7 Å². The highest BCUT2D eigenvalue weighted by atomic mass is 16.5. The van der Waals surface area contributed by atoms with Gasteiger partial charge in [0.1, 0.15) is 5.75 Å². The number of nitrogens with zero attached hydrogens (tertiary/aromatic N) is 3. The van der Waals surface area contributed by atoms with Gasteiger partial charge in [0.25, 0.3) is 0 Å². The highest BCUT2D eigenvalue weighted by Gasteiger charge is 2.29. The molecule has 0 radical (unpaired) electrons. The van der Waals surface area contributed by atoms with Crippen LogP contribution in [0, 0.1) is 5.92 Å². The highest BCUT2D eigenvalue weighted by Crippen LogP contribution is 2.24. The fraction of sp³-hybridized carbons (Fsp3) is 0.611. The molecule has 1 aromatic carbocycles. The fourth-order valence-corrected chi connectivity index (χ4v) is 3.64. The third kappa shape index (κ3) is 3.85. The van der Waals surface area contributed by atoms with Crippen molar-refractivity contribution in [3.63, 3.8) is 0 Å². The summed E-state index contributed by atoms with van der Waals surface area (Å²) in [6, 6.07) is 7.76. The van der Waals surface area contributed by atoms with Gasteiger partial charge in [-0.2, -0.15) is 0 Å². The average molecular weight is 317 g/mol. The Labute approximate surface area is 138 Å². The summed E-state index contributed by atoms with van der Waals surface area (Å²) in [5.41, 5.74) is 0.937. The van der Waals surface area contributed by atoms with E-state index < -0.39 is 0 Å². The number of rotatable bonds is 5. The molecular formula is C18H27N3O2.